The van der Waals surface area contributed by atoms with Crippen LogP contribution in [0.4, 0.5) is 0 Å². The molecular formula is C23H29NO5. The highest BCUT2D eigenvalue weighted by Crippen LogP contribution is 2.44. The second-order valence-corrected chi connectivity index (χ2v) is 7.93. The van der Waals surface area contributed by atoms with Crippen molar-refractivity contribution in [3.63, 3.8) is 0 Å². The van der Waals surface area contributed by atoms with Crippen molar-refractivity contribution in [1.29, 1.82) is 0 Å². The molecule has 1 aliphatic rings. The minimum absolute atomic E-state index is 0.0916. The molecule has 0 amide bonds. The van der Waals surface area contributed by atoms with Crippen molar-refractivity contribution < 1.29 is 24.5 Å². The third kappa shape index (κ3) is 4.71. The molecule has 6 heteroatoms. The maximum atomic E-state index is 12.5. The number of aromatic hydroxyl groups is 1. The summed E-state index contributed by atoms with van der Waals surface area (Å²) in [4.78, 5) is 14.5. The topological polar surface area (TPSA) is 79.2 Å². The summed E-state index contributed by atoms with van der Waals surface area (Å²) in [6.07, 6.45) is 1.22. The molecule has 0 radical (unpaired) electrons. The maximum Gasteiger partial charge on any atom is 0.342 e. The first-order valence-electron chi connectivity index (χ1n) is 9.84. The van der Waals surface area contributed by atoms with E-state index in [1.54, 1.807) is 25.3 Å². The van der Waals surface area contributed by atoms with E-state index in [0.717, 1.165) is 5.56 Å². The van der Waals surface area contributed by atoms with E-state index in [2.05, 4.69) is 0 Å². The standard InChI is InChI=1S/C23H29NO5/c1-24(2)15-17-14-19(29-22(26)20-9-4-5-10-21(20)25)11-12-23(17,27)16-7-6-8-18(13-16)28-3/h4-10,13,17,19,25,27H,11-12,14-15H2,1-3H3. The first kappa shape index (κ1) is 21.1. The zero-order valence-electron chi connectivity index (χ0n) is 17.2. The molecule has 1 aliphatic carbocycles. The summed E-state index contributed by atoms with van der Waals surface area (Å²) in [7, 11) is 5.53. The first-order valence-corrected chi connectivity index (χ1v) is 9.84. The molecule has 3 atom stereocenters. The number of ether oxygens (including phenoxy) is 2. The summed E-state index contributed by atoms with van der Waals surface area (Å²) >= 11 is 0. The monoisotopic (exact) mass is 399 g/mol. The fourth-order valence-electron chi connectivity index (χ4n) is 4.12. The number of rotatable bonds is 6. The van der Waals surface area contributed by atoms with E-state index in [1.807, 2.05) is 43.3 Å². The van der Waals surface area contributed by atoms with Crippen molar-refractivity contribution in [2.45, 2.75) is 31.0 Å². The lowest BCUT2D eigenvalue weighted by Gasteiger charge is -2.44. The van der Waals surface area contributed by atoms with E-state index in [9.17, 15) is 15.0 Å². The number of para-hydroxylation sites is 1. The van der Waals surface area contributed by atoms with Crippen LogP contribution in [0.15, 0.2) is 48.5 Å². The number of hydrogen-bond donors (Lipinski definition) is 2. The SMILES string of the molecule is COc1cccc(C2(O)CCC(OC(=O)c3ccccc3O)CC2CN(C)C)c1. The molecule has 1 fully saturated rings. The molecule has 0 heterocycles. The lowest BCUT2D eigenvalue weighted by molar-refractivity contribution is -0.0961. The van der Waals surface area contributed by atoms with Gasteiger partial charge in [-0.2, -0.15) is 0 Å². The molecule has 0 aliphatic heterocycles. The molecule has 3 rings (SSSR count). The largest absolute Gasteiger partial charge is 0.507 e. The summed E-state index contributed by atoms with van der Waals surface area (Å²) in [6, 6.07) is 13.9. The van der Waals surface area contributed by atoms with Gasteiger partial charge in [0.15, 0.2) is 0 Å². The van der Waals surface area contributed by atoms with Gasteiger partial charge in [0, 0.05) is 12.5 Å². The molecule has 0 saturated heterocycles. The van der Waals surface area contributed by atoms with Gasteiger partial charge < -0.3 is 24.6 Å². The van der Waals surface area contributed by atoms with Crippen molar-refractivity contribution >= 4 is 5.97 Å². The Kier molecular flexibility index (Phi) is 6.45. The minimum Gasteiger partial charge on any atom is -0.507 e. The van der Waals surface area contributed by atoms with Gasteiger partial charge in [-0.1, -0.05) is 24.3 Å². The fraction of sp³-hybridized carbons (Fsp3) is 0.435. The van der Waals surface area contributed by atoms with Crippen molar-refractivity contribution in [3.05, 3.63) is 59.7 Å². The van der Waals surface area contributed by atoms with Crippen LogP contribution in [0.3, 0.4) is 0 Å². The van der Waals surface area contributed by atoms with Gasteiger partial charge >= 0.3 is 5.97 Å². The quantitative estimate of drug-likeness (QED) is 0.727. The van der Waals surface area contributed by atoms with E-state index < -0.39 is 11.6 Å². The van der Waals surface area contributed by atoms with Crippen LogP contribution in [0.25, 0.3) is 0 Å². The van der Waals surface area contributed by atoms with Gasteiger partial charge in [0.05, 0.1) is 12.7 Å². The molecular weight excluding hydrogens is 370 g/mol. The number of phenolic OH excluding ortho intramolecular Hbond substituents is 1. The third-order valence-corrected chi connectivity index (χ3v) is 5.62. The van der Waals surface area contributed by atoms with Gasteiger partial charge in [-0.25, -0.2) is 4.79 Å². The molecule has 2 N–H and O–H groups in total. The average molecular weight is 399 g/mol. The summed E-state index contributed by atoms with van der Waals surface area (Å²) in [5.41, 5.74) is -0.0594. The third-order valence-electron chi connectivity index (χ3n) is 5.62. The molecule has 2 aromatic rings. The Morgan fingerprint density at radius 3 is 2.66 bits per heavy atom. The summed E-state index contributed by atoms with van der Waals surface area (Å²) < 4.78 is 11.0. The number of carbonyl (C=O) groups excluding carboxylic acids is 1. The Morgan fingerprint density at radius 2 is 1.97 bits per heavy atom. The molecule has 6 nitrogen and oxygen atoms in total. The van der Waals surface area contributed by atoms with Crippen molar-refractivity contribution in [1.82, 2.24) is 4.90 Å². The van der Waals surface area contributed by atoms with Crippen LogP contribution in [0.1, 0.15) is 35.2 Å². The van der Waals surface area contributed by atoms with Gasteiger partial charge in [0.2, 0.25) is 0 Å². The molecule has 0 bridgehead atoms. The number of carbonyl (C=O) groups is 1. The van der Waals surface area contributed by atoms with E-state index in [0.29, 0.717) is 31.6 Å². The number of phenols is 1. The second kappa shape index (κ2) is 8.84. The fourth-order valence-corrected chi connectivity index (χ4v) is 4.12. The predicted molar refractivity (Wildman–Crippen MR) is 110 cm³/mol. The Morgan fingerprint density at radius 1 is 1.21 bits per heavy atom. The van der Waals surface area contributed by atoms with Gasteiger partial charge in [-0.15, -0.1) is 0 Å². The zero-order valence-corrected chi connectivity index (χ0v) is 17.2. The highest BCUT2D eigenvalue weighted by Gasteiger charge is 2.44. The van der Waals surface area contributed by atoms with Gasteiger partial charge in [-0.05, 0) is 63.2 Å². The predicted octanol–water partition coefficient (Wildman–Crippen LogP) is 3.18. The van der Waals surface area contributed by atoms with Gasteiger partial charge in [-0.3, -0.25) is 0 Å². The number of hydrogen-bond acceptors (Lipinski definition) is 6. The number of nitrogens with zero attached hydrogens (tertiary/aromatic N) is 1. The summed E-state index contributed by atoms with van der Waals surface area (Å²) in [6.45, 7) is 0.651. The lowest BCUT2D eigenvalue weighted by Crippen LogP contribution is -2.47. The summed E-state index contributed by atoms with van der Waals surface area (Å²) in [5, 5.41) is 21.5. The molecule has 29 heavy (non-hydrogen) atoms. The number of methoxy groups -OCH3 is 1. The van der Waals surface area contributed by atoms with E-state index in [-0.39, 0.29) is 23.3 Å². The van der Waals surface area contributed by atoms with Crippen LogP contribution in [-0.4, -0.2) is 54.9 Å². The molecule has 1 saturated carbocycles. The molecule has 3 unspecified atom stereocenters. The Labute approximate surface area is 171 Å². The van der Waals surface area contributed by atoms with Crippen LogP contribution >= 0.6 is 0 Å². The van der Waals surface area contributed by atoms with Crippen LogP contribution in [0.2, 0.25) is 0 Å². The van der Waals surface area contributed by atoms with E-state index in [1.165, 1.54) is 6.07 Å². The highest BCUT2D eigenvalue weighted by atomic mass is 16.5. The average Bonchev–Trinajstić information content (AvgIpc) is 2.70. The van der Waals surface area contributed by atoms with Crippen molar-refractivity contribution in [2.75, 3.05) is 27.7 Å². The van der Waals surface area contributed by atoms with E-state index >= 15 is 0 Å². The Bertz CT molecular complexity index is 853. The lowest BCUT2D eigenvalue weighted by atomic mass is 9.70. The minimum atomic E-state index is -1.03. The smallest absolute Gasteiger partial charge is 0.342 e. The number of aliphatic hydroxyl groups is 1. The van der Waals surface area contributed by atoms with E-state index in [4.69, 9.17) is 9.47 Å². The number of esters is 1. The van der Waals surface area contributed by atoms with Crippen LogP contribution in [0, 0.1) is 5.92 Å². The Hall–Kier alpha value is -2.57. The summed E-state index contributed by atoms with van der Waals surface area (Å²) in [5.74, 6) is -0.0530. The van der Waals surface area contributed by atoms with Crippen LogP contribution in [-0.2, 0) is 10.3 Å². The van der Waals surface area contributed by atoms with Crippen LogP contribution in [0.5, 0.6) is 11.5 Å². The molecule has 0 spiro atoms. The molecule has 0 aromatic heterocycles. The molecule has 156 valence electrons. The number of benzene rings is 2. The maximum absolute atomic E-state index is 12.5. The second-order valence-electron chi connectivity index (χ2n) is 7.93. The Balaban J connectivity index is 1.79. The van der Waals surface area contributed by atoms with Crippen molar-refractivity contribution in [3.8, 4) is 11.5 Å². The van der Waals surface area contributed by atoms with Gasteiger partial charge in [0.1, 0.15) is 23.2 Å². The normalized spacial score (nSPS) is 24.3. The van der Waals surface area contributed by atoms with Crippen molar-refractivity contribution in [2.24, 2.45) is 5.92 Å². The van der Waals surface area contributed by atoms with Gasteiger partial charge in [0.25, 0.3) is 0 Å². The van der Waals surface area contributed by atoms with Crippen LogP contribution < -0.4 is 4.74 Å². The molecule has 2 aromatic carbocycles. The first-order chi connectivity index (χ1) is 13.8. The zero-order chi connectivity index (χ0) is 21.0. The highest BCUT2D eigenvalue weighted by molar-refractivity contribution is 5.92.